The molecule has 2 heterocycles. The Morgan fingerprint density at radius 3 is 2.54 bits per heavy atom. The van der Waals surface area contributed by atoms with Gasteiger partial charge in [0.25, 0.3) is 0 Å². The number of aromatic nitrogens is 2. The van der Waals surface area contributed by atoms with Crippen molar-refractivity contribution in [2.24, 2.45) is 5.10 Å². The van der Waals surface area contributed by atoms with E-state index in [0.717, 1.165) is 0 Å². The second-order valence-corrected chi connectivity index (χ2v) is 8.62. The second-order valence-electron chi connectivity index (χ2n) is 8.21. The van der Waals surface area contributed by atoms with Crippen molar-refractivity contribution in [2.45, 2.75) is 45.8 Å². The molecule has 0 N–H and O–H groups in total. The maximum Gasteiger partial charge on any atom is 0.354 e. The minimum absolute atomic E-state index is 0.0990. The summed E-state index contributed by atoms with van der Waals surface area (Å²) < 4.78 is 11.0. The summed E-state index contributed by atoms with van der Waals surface area (Å²) in [6, 6.07) is 15.5. The molecule has 2 aromatic carbocycles. The molecule has 1 aliphatic rings. The van der Waals surface area contributed by atoms with Gasteiger partial charge in [0, 0.05) is 12.5 Å². The Morgan fingerprint density at radius 2 is 1.86 bits per heavy atom. The summed E-state index contributed by atoms with van der Waals surface area (Å²) in [4.78, 5) is 27.8. The number of hydrogen-bond donors (Lipinski definition) is 0. The highest BCUT2D eigenvalue weighted by molar-refractivity contribution is 6.38. The average molecular weight is 496 g/mol. The molecule has 0 saturated carbocycles. The predicted octanol–water partition coefficient (Wildman–Crippen LogP) is 4.33. The number of halogens is 1. The van der Waals surface area contributed by atoms with Crippen LogP contribution in [0.2, 0.25) is 5.02 Å². The van der Waals surface area contributed by atoms with E-state index in [2.05, 4.69) is 15.3 Å². The van der Waals surface area contributed by atoms with Gasteiger partial charge in [-0.2, -0.15) is 5.10 Å². The molecule has 1 aliphatic heterocycles. The van der Waals surface area contributed by atoms with Crippen LogP contribution >= 0.6 is 11.6 Å². The summed E-state index contributed by atoms with van der Waals surface area (Å²) in [5, 5.41) is 14.7. The zero-order chi connectivity index (χ0) is 24.9. The summed E-state index contributed by atoms with van der Waals surface area (Å²) in [6.07, 6.45) is 0.129. The first kappa shape index (κ1) is 24.4. The SMILES string of the molecule is CCOC(=O)C1=NN(c2ccccc2)C(C(=O)N(Cc2nnc(-c3ccccc3Cl)o2)C(C)C)C1. The van der Waals surface area contributed by atoms with E-state index in [0.29, 0.717) is 16.3 Å². The summed E-state index contributed by atoms with van der Waals surface area (Å²) >= 11 is 6.25. The third kappa shape index (κ3) is 5.35. The number of hydrazone groups is 1. The van der Waals surface area contributed by atoms with Crippen LogP contribution in [0.25, 0.3) is 11.5 Å². The topological polar surface area (TPSA) is 101 Å². The Morgan fingerprint density at radius 1 is 1.14 bits per heavy atom. The molecule has 0 radical (unpaired) electrons. The van der Waals surface area contributed by atoms with Gasteiger partial charge in [-0.1, -0.05) is 41.9 Å². The van der Waals surface area contributed by atoms with Gasteiger partial charge in [0.1, 0.15) is 11.8 Å². The Labute approximate surface area is 208 Å². The number of benzene rings is 2. The molecule has 1 aromatic heterocycles. The largest absolute Gasteiger partial charge is 0.461 e. The molecule has 1 unspecified atom stereocenters. The molecular weight excluding hydrogens is 470 g/mol. The van der Waals surface area contributed by atoms with Crippen molar-refractivity contribution in [3.05, 3.63) is 65.5 Å². The van der Waals surface area contributed by atoms with Gasteiger partial charge in [-0.3, -0.25) is 9.80 Å². The molecule has 0 spiro atoms. The number of ether oxygens (including phenoxy) is 1. The average Bonchev–Trinajstić information content (AvgIpc) is 3.51. The highest BCUT2D eigenvalue weighted by Crippen LogP contribution is 2.29. The standard InChI is InChI=1S/C25H26ClN5O4/c1-4-34-25(33)20-14-21(31(29-20)17-10-6-5-7-11-17)24(32)30(16(2)3)15-22-27-28-23(35-22)18-12-8-9-13-19(18)26/h5-13,16,21H,4,14-15H2,1-3H3. The Kier molecular flexibility index (Phi) is 7.45. The van der Waals surface area contributed by atoms with Crippen LogP contribution in [0, 0.1) is 0 Å². The highest BCUT2D eigenvalue weighted by atomic mass is 35.5. The molecule has 0 saturated heterocycles. The number of esters is 1. The van der Waals surface area contributed by atoms with E-state index in [1.165, 1.54) is 0 Å². The normalized spacial score (nSPS) is 15.3. The minimum Gasteiger partial charge on any atom is -0.461 e. The van der Waals surface area contributed by atoms with Crippen LogP contribution in [0.5, 0.6) is 0 Å². The lowest BCUT2D eigenvalue weighted by Crippen LogP contribution is -2.47. The number of para-hydroxylation sites is 1. The molecular formula is C25H26ClN5O4. The van der Waals surface area contributed by atoms with Crippen LogP contribution in [0.3, 0.4) is 0 Å². The first-order valence-electron chi connectivity index (χ1n) is 11.4. The fraction of sp³-hybridized carbons (Fsp3) is 0.320. The Balaban J connectivity index is 1.58. The number of carbonyl (C=O) groups is 2. The third-order valence-corrected chi connectivity index (χ3v) is 5.84. The molecule has 1 amide bonds. The Hall–Kier alpha value is -3.72. The second kappa shape index (κ2) is 10.7. The van der Waals surface area contributed by atoms with E-state index >= 15 is 0 Å². The summed E-state index contributed by atoms with van der Waals surface area (Å²) in [5.41, 5.74) is 1.53. The zero-order valence-electron chi connectivity index (χ0n) is 19.7. The van der Waals surface area contributed by atoms with Crippen molar-refractivity contribution in [3.8, 4) is 11.5 Å². The van der Waals surface area contributed by atoms with E-state index in [-0.39, 0.29) is 49.0 Å². The fourth-order valence-electron chi connectivity index (χ4n) is 3.77. The van der Waals surface area contributed by atoms with Crippen molar-refractivity contribution in [3.63, 3.8) is 0 Å². The van der Waals surface area contributed by atoms with E-state index in [9.17, 15) is 9.59 Å². The number of hydrogen-bond acceptors (Lipinski definition) is 8. The number of anilines is 1. The number of amides is 1. The van der Waals surface area contributed by atoms with Crippen LogP contribution in [-0.2, 0) is 20.9 Å². The molecule has 9 nitrogen and oxygen atoms in total. The van der Waals surface area contributed by atoms with Gasteiger partial charge in [0.05, 0.1) is 29.4 Å². The molecule has 10 heteroatoms. The maximum atomic E-state index is 13.8. The highest BCUT2D eigenvalue weighted by Gasteiger charge is 2.40. The van der Waals surface area contributed by atoms with Gasteiger partial charge >= 0.3 is 5.97 Å². The summed E-state index contributed by atoms with van der Waals surface area (Å²) in [6.45, 7) is 5.86. The van der Waals surface area contributed by atoms with E-state index in [1.54, 1.807) is 29.0 Å². The maximum absolute atomic E-state index is 13.8. The van der Waals surface area contributed by atoms with E-state index in [1.807, 2.05) is 56.3 Å². The third-order valence-electron chi connectivity index (χ3n) is 5.51. The lowest BCUT2D eigenvalue weighted by molar-refractivity contribution is -0.135. The monoisotopic (exact) mass is 495 g/mol. The first-order chi connectivity index (χ1) is 16.9. The van der Waals surface area contributed by atoms with Crippen LogP contribution in [0.15, 0.2) is 64.1 Å². The predicted molar refractivity (Wildman–Crippen MR) is 132 cm³/mol. The quantitative estimate of drug-likeness (QED) is 0.429. The molecule has 0 fully saturated rings. The van der Waals surface area contributed by atoms with Gasteiger partial charge < -0.3 is 14.1 Å². The zero-order valence-corrected chi connectivity index (χ0v) is 20.5. The fourth-order valence-corrected chi connectivity index (χ4v) is 3.99. The van der Waals surface area contributed by atoms with E-state index < -0.39 is 12.0 Å². The van der Waals surface area contributed by atoms with Gasteiger partial charge in [0.15, 0.2) is 0 Å². The van der Waals surface area contributed by atoms with E-state index in [4.69, 9.17) is 20.8 Å². The molecule has 0 aliphatic carbocycles. The molecule has 4 rings (SSSR count). The number of nitrogens with zero attached hydrogens (tertiary/aromatic N) is 5. The molecule has 1 atom stereocenters. The van der Waals surface area contributed by atoms with Crippen LogP contribution in [0.4, 0.5) is 5.69 Å². The smallest absolute Gasteiger partial charge is 0.354 e. The van der Waals surface area contributed by atoms with Gasteiger partial charge in [-0.25, -0.2) is 4.79 Å². The van der Waals surface area contributed by atoms with Crippen molar-refractivity contribution < 1.29 is 18.7 Å². The van der Waals surface area contributed by atoms with Gasteiger partial charge in [-0.05, 0) is 45.0 Å². The van der Waals surface area contributed by atoms with Crippen molar-refractivity contribution in [1.29, 1.82) is 0 Å². The van der Waals surface area contributed by atoms with Crippen molar-refractivity contribution >= 4 is 34.9 Å². The summed E-state index contributed by atoms with van der Waals surface area (Å²) in [5.74, 6) is -0.190. The molecule has 3 aromatic rings. The van der Waals surface area contributed by atoms with Crippen molar-refractivity contribution in [1.82, 2.24) is 15.1 Å². The summed E-state index contributed by atoms with van der Waals surface area (Å²) in [7, 11) is 0. The molecule has 182 valence electrons. The lowest BCUT2D eigenvalue weighted by Gasteiger charge is -2.31. The van der Waals surface area contributed by atoms with Crippen LogP contribution in [-0.4, -0.2) is 51.4 Å². The Bertz CT molecular complexity index is 1230. The first-order valence-corrected chi connectivity index (χ1v) is 11.7. The minimum atomic E-state index is -0.717. The van der Waals surface area contributed by atoms with Crippen LogP contribution in [0.1, 0.15) is 33.1 Å². The molecule has 35 heavy (non-hydrogen) atoms. The number of carbonyl (C=O) groups excluding carboxylic acids is 2. The van der Waals surface area contributed by atoms with Gasteiger partial charge in [-0.15, -0.1) is 10.2 Å². The van der Waals surface area contributed by atoms with Crippen LogP contribution < -0.4 is 5.01 Å². The number of rotatable bonds is 8. The van der Waals surface area contributed by atoms with Gasteiger partial charge in [0.2, 0.25) is 17.7 Å². The van der Waals surface area contributed by atoms with Crippen molar-refractivity contribution in [2.75, 3.05) is 11.6 Å². The lowest BCUT2D eigenvalue weighted by atomic mass is 10.1. The molecule has 0 bridgehead atoms.